The third-order valence-electron chi connectivity index (χ3n) is 1.56. The summed E-state index contributed by atoms with van der Waals surface area (Å²) in [6.07, 6.45) is -2.45. The van der Waals surface area contributed by atoms with Crippen molar-refractivity contribution in [1.82, 2.24) is 0 Å². The van der Waals surface area contributed by atoms with Crippen LogP contribution in [0.2, 0.25) is 0 Å². The zero-order valence-electron chi connectivity index (χ0n) is 7.92. The van der Waals surface area contributed by atoms with Gasteiger partial charge in [0.1, 0.15) is 4.88 Å². The second-order valence-electron chi connectivity index (χ2n) is 2.66. The number of nitrogens with one attached hydrogen (secondary N) is 1. The van der Waals surface area contributed by atoms with Gasteiger partial charge in [0.25, 0.3) is 6.43 Å². The molecular formula is C8H10F2N2O2S. The fourth-order valence-electron chi connectivity index (χ4n) is 0.922. The lowest BCUT2D eigenvalue weighted by Gasteiger charge is -2.00. The first-order valence-electron chi connectivity index (χ1n) is 4.04. The molecule has 0 saturated carbocycles. The van der Waals surface area contributed by atoms with Crippen LogP contribution < -0.4 is 11.1 Å². The van der Waals surface area contributed by atoms with Gasteiger partial charge in [-0.3, -0.25) is 0 Å². The van der Waals surface area contributed by atoms with Crippen molar-refractivity contribution in [2.75, 3.05) is 24.7 Å². The van der Waals surface area contributed by atoms with Gasteiger partial charge in [-0.1, -0.05) is 0 Å². The highest BCUT2D eigenvalue weighted by Crippen LogP contribution is 2.29. The van der Waals surface area contributed by atoms with Crippen molar-refractivity contribution < 1.29 is 18.3 Å². The van der Waals surface area contributed by atoms with Crippen molar-refractivity contribution in [1.29, 1.82) is 0 Å². The van der Waals surface area contributed by atoms with Crippen LogP contribution in [0.15, 0.2) is 6.07 Å². The number of carbonyl (C=O) groups is 1. The predicted molar refractivity (Wildman–Crippen MR) is 54.6 cm³/mol. The largest absolute Gasteiger partial charge is 0.465 e. The van der Waals surface area contributed by atoms with Gasteiger partial charge in [0.05, 0.1) is 24.3 Å². The number of hydrogen-bond donors (Lipinski definition) is 2. The number of halogens is 2. The summed E-state index contributed by atoms with van der Waals surface area (Å²) in [6.45, 7) is -0.472. The molecule has 4 nitrogen and oxygen atoms in total. The number of rotatable bonds is 4. The molecule has 7 heteroatoms. The van der Waals surface area contributed by atoms with Crippen molar-refractivity contribution in [2.45, 2.75) is 6.43 Å². The molecule has 0 aliphatic rings. The van der Waals surface area contributed by atoms with Crippen molar-refractivity contribution in [3.05, 3.63) is 10.9 Å². The lowest BCUT2D eigenvalue weighted by molar-refractivity contribution is 0.0607. The van der Waals surface area contributed by atoms with Crippen LogP contribution >= 0.6 is 11.3 Å². The molecule has 0 unspecified atom stereocenters. The van der Waals surface area contributed by atoms with E-state index < -0.39 is 18.9 Å². The number of methoxy groups -OCH3 is 1. The van der Waals surface area contributed by atoms with Crippen LogP contribution in [0.1, 0.15) is 9.67 Å². The van der Waals surface area contributed by atoms with Gasteiger partial charge in [0.2, 0.25) is 0 Å². The third kappa shape index (κ3) is 3.05. The SMILES string of the molecule is COC(=O)c1sc(NCC(F)F)cc1N. The molecule has 0 amide bonds. The quantitative estimate of drug-likeness (QED) is 0.782. The number of nitrogen functional groups attached to an aromatic ring is 1. The van der Waals surface area contributed by atoms with E-state index in [4.69, 9.17) is 5.73 Å². The lowest BCUT2D eigenvalue weighted by atomic mass is 10.4. The van der Waals surface area contributed by atoms with Gasteiger partial charge in [-0.2, -0.15) is 0 Å². The molecule has 84 valence electrons. The van der Waals surface area contributed by atoms with E-state index in [-0.39, 0.29) is 10.6 Å². The summed E-state index contributed by atoms with van der Waals surface area (Å²) in [5.74, 6) is -0.567. The van der Waals surface area contributed by atoms with Crippen LogP contribution in [0, 0.1) is 0 Å². The predicted octanol–water partition coefficient (Wildman–Crippen LogP) is 1.79. The Morgan fingerprint density at radius 1 is 1.73 bits per heavy atom. The first-order chi connectivity index (χ1) is 7.04. The van der Waals surface area contributed by atoms with E-state index in [1.165, 1.54) is 13.2 Å². The minimum atomic E-state index is -2.45. The smallest absolute Gasteiger partial charge is 0.350 e. The van der Waals surface area contributed by atoms with Gasteiger partial charge in [-0.15, -0.1) is 11.3 Å². The van der Waals surface area contributed by atoms with E-state index in [0.29, 0.717) is 5.00 Å². The Kier molecular flexibility index (Phi) is 3.84. The first kappa shape index (κ1) is 11.7. The summed E-state index contributed by atoms with van der Waals surface area (Å²) in [5, 5.41) is 2.89. The van der Waals surface area contributed by atoms with Crippen molar-refractivity contribution >= 4 is 28.0 Å². The number of anilines is 2. The average molecular weight is 236 g/mol. The highest BCUT2D eigenvalue weighted by molar-refractivity contribution is 7.18. The normalized spacial score (nSPS) is 10.4. The molecule has 0 bridgehead atoms. The van der Waals surface area contributed by atoms with Crippen molar-refractivity contribution in [3.63, 3.8) is 0 Å². The molecule has 1 rings (SSSR count). The monoisotopic (exact) mass is 236 g/mol. The highest BCUT2D eigenvalue weighted by atomic mass is 32.1. The Bertz CT molecular complexity index is 354. The van der Waals surface area contributed by atoms with E-state index in [0.717, 1.165) is 11.3 Å². The van der Waals surface area contributed by atoms with Gasteiger partial charge < -0.3 is 15.8 Å². The molecule has 0 aliphatic heterocycles. The topological polar surface area (TPSA) is 64.3 Å². The summed E-state index contributed by atoms with van der Waals surface area (Å²) in [5.41, 5.74) is 5.73. The number of thiophene rings is 1. The van der Waals surface area contributed by atoms with Crippen LogP contribution in [0.4, 0.5) is 19.5 Å². The molecule has 0 spiro atoms. The molecule has 0 aromatic carbocycles. The van der Waals surface area contributed by atoms with E-state index in [1.54, 1.807) is 0 Å². The standard InChI is InChI=1S/C8H10F2N2O2S/c1-14-8(13)7-4(11)2-6(15-7)12-3-5(9)10/h2,5,12H,3,11H2,1H3. The number of ether oxygens (including phenoxy) is 1. The Morgan fingerprint density at radius 3 is 2.93 bits per heavy atom. The summed E-state index contributed by atoms with van der Waals surface area (Å²) in [7, 11) is 1.23. The van der Waals surface area contributed by atoms with Crippen molar-refractivity contribution in [2.24, 2.45) is 0 Å². The van der Waals surface area contributed by atoms with E-state index in [9.17, 15) is 13.6 Å². The fraction of sp³-hybridized carbons (Fsp3) is 0.375. The van der Waals surface area contributed by atoms with E-state index in [2.05, 4.69) is 10.1 Å². The third-order valence-corrected chi connectivity index (χ3v) is 2.65. The Balaban J connectivity index is 2.72. The number of nitrogens with two attached hydrogens (primary N) is 1. The average Bonchev–Trinajstić information content (AvgIpc) is 2.55. The summed E-state index contributed by atoms with van der Waals surface area (Å²) in [4.78, 5) is 11.3. The van der Waals surface area contributed by atoms with Crippen LogP contribution in [-0.4, -0.2) is 26.0 Å². The molecule has 3 N–H and O–H groups in total. The molecule has 1 aromatic heterocycles. The molecule has 1 heterocycles. The van der Waals surface area contributed by atoms with E-state index in [1.807, 2.05) is 0 Å². The number of alkyl halides is 2. The van der Waals surface area contributed by atoms with Crippen LogP contribution in [0.25, 0.3) is 0 Å². The second-order valence-corrected chi connectivity index (χ2v) is 3.71. The Labute approximate surface area is 89.0 Å². The minimum Gasteiger partial charge on any atom is -0.465 e. The highest BCUT2D eigenvalue weighted by Gasteiger charge is 2.15. The molecule has 1 aromatic rings. The molecule has 15 heavy (non-hydrogen) atoms. The maximum atomic E-state index is 11.9. The van der Waals surface area contributed by atoms with Gasteiger partial charge >= 0.3 is 5.97 Å². The fourth-order valence-corrected chi connectivity index (χ4v) is 1.83. The second kappa shape index (κ2) is 4.92. The maximum absolute atomic E-state index is 11.9. The van der Waals surface area contributed by atoms with Crippen LogP contribution in [0.5, 0.6) is 0 Å². The van der Waals surface area contributed by atoms with Gasteiger partial charge in [-0.25, -0.2) is 13.6 Å². The zero-order chi connectivity index (χ0) is 11.4. The van der Waals surface area contributed by atoms with Crippen LogP contribution in [0.3, 0.4) is 0 Å². The zero-order valence-corrected chi connectivity index (χ0v) is 8.74. The first-order valence-corrected chi connectivity index (χ1v) is 4.86. The molecule has 0 radical (unpaired) electrons. The summed E-state index contributed by atoms with van der Waals surface area (Å²) >= 11 is 0.990. The Hall–Kier alpha value is -1.37. The summed E-state index contributed by atoms with van der Waals surface area (Å²) < 4.78 is 28.2. The molecular weight excluding hydrogens is 226 g/mol. The molecule has 0 aliphatic carbocycles. The number of hydrogen-bond acceptors (Lipinski definition) is 5. The molecule has 0 saturated heterocycles. The molecule has 0 fully saturated rings. The van der Waals surface area contributed by atoms with Gasteiger partial charge in [-0.05, 0) is 6.07 Å². The van der Waals surface area contributed by atoms with Crippen molar-refractivity contribution in [3.8, 4) is 0 Å². The number of esters is 1. The Morgan fingerprint density at radius 2 is 2.40 bits per heavy atom. The maximum Gasteiger partial charge on any atom is 0.350 e. The minimum absolute atomic E-state index is 0.217. The molecule has 0 atom stereocenters. The van der Waals surface area contributed by atoms with E-state index >= 15 is 0 Å². The number of carbonyl (C=O) groups excluding carboxylic acids is 1. The van der Waals surface area contributed by atoms with Gasteiger partial charge in [0.15, 0.2) is 0 Å². The lowest BCUT2D eigenvalue weighted by Crippen LogP contribution is -2.08. The van der Waals surface area contributed by atoms with Crippen LogP contribution in [-0.2, 0) is 4.74 Å². The summed E-state index contributed by atoms with van der Waals surface area (Å²) in [6, 6.07) is 1.43. The van der Waals surface area contributed by atoms with Gasteiger partial charge in [0, 0.05) is 0 Å².